The molecule has 3 fully saturated rings. The Morgan fingerprint density at radius 3 is 2.41 bits per heavy atom. The van der Waals surface area contributed by atoms with Gasteiger partial charge in [0.05, 0.1) is 15.9 Å². The topological polar surface area (TPSA) is 103 Å². The average Bonchev–Trinajstić information content (AvgIpc) is 3.63. The highest BCUT2D eigenvalue weighted by Crippen LogP contribution is 2.62. The van der Waals surface area contributed by atoms with Gasteiger partial charge in [0.25, 0.3) is 11.8 Å². The number of benzene rings is 1. The van der Waals surface area contributed by atoms with E-state index < -0.39 is 50.7 Å². The van der Waals surface area contributed by atoms with Crippen LogP contribution in [0, 0.1) is 5.92 Å². The molecule has 0 bridgehead atoms. The first-order valence-corrected chi connectivity index (χ1v) is 13.5. The summed E-state index contributed by atoms with van der Waals surface area (Å²) in [5.41, 5.74) is -3.14. The molecule has 37 heavy (non-hydrogen) atoms. The van der Waals surface area contributed by atoms with Gasteiger partial charge in [0.2, 0.25) is 11.8 Å². The van der Waals surface area contributed by atoms with E-state index in [1.165, 1.54) is 11.0 Å². The fourth-order valence-electron chi connectivity index (χ4n) is 4.80. The second-order valence-corrected chi connectivity index (χ2v) is 12.4. The molecule has 0 N–H and O–H groups in total. The molecule has 0 radical (unpaired) electrons. The van der Waals surface area contributed by atoms with Gasteiger partial charge < -0.3 is 14.1 Å². The zero-order valence-electron chi connectivity index (χ0n) is 20.1. The van der Waals surface area contributed by atoms with E-state index in [1.807, 2.05) is 0 Å². The van der Waals surface area contributed by atoms with Gasteiger partial charge in [-0.25, -0.2) is 17.2 Å². The number of piperidine rings is 1. The maximum absolute atomic E-state index is 13.8. The van der Waals surface area contributed by atoms with Crippen LogP contribution in [0.15, 0.2) is 27.5 Å². The average molecular weight is 550 g/mol. The highest BCUT2D eigenvalue weighted by Gasteiger charge is 2.70. The molecule has 1 aromatic carbocycles. The van der Waals surface area contributed by atoms with Crippen molar-refractivity contribution in [1.82, 2.24) is 15.1 Å². The summed E-state index contributed by atoms with van der Waals surface area (Å²) in [4.78, 5) is 14.7. The van der Waals surface area contributed by atoms with Crippen LogP contribution in [0.1, 0.15) is 55.2 Å². The van der Waals surface area contributed by atoms with Gasteiger partial charge in [0.1, 0.15) is 11.2 Å². The van der Waals surface area contributed by atoms with E-state index in [1.54, 1.807) is 0 Å². The Labute approximate surface area is 209 Å². The number of halogens is 5. The zero-order valence-corrected chi connectivity index (χ0v) is 20.9. The molecule has 2 unspecified atom stereocenters. The van der Waals surface area contributed by atoms with Crippen LogP contribution in [0.4, 0.5) is 22.0 Å². The second-order valence-electron chi connectivity index (χ2n) is 10.4. The summed E-state index contributed by atoms with van der Waals surface area (Å²) < 4.78 is 103. The Balaban J connectivity index is 1.41. The molecule has 2 aromatic rings. The minimum absolute atomic E-state index is 0.0268. The molecule has 14 heteroatoms. The number of likely N-dealkylation sites (tertiary alicyclic amines) is 1. The molecule has 1 amide bonds. The summed E-state index contributed by atoms with van der Waals surface area (Å²) in [6.07, 6.45) is -4.91. The molecule has 2 aliphatic carbocycles. The normalized spacial score (nSPS) is 25.5. The Morgan fingerprint density at radius 2 is 1.84 bits per heavy atom. The third kappa shape index (κ3) is 4.26. The van der Waals surface area contributed by atoms with Gasteiger partial charge >= 0.3 is 6.18 Å². The molecule has 3 atom stereocenters. The van der Waals surface area contributed by atoms with Crippen molar-refractivity contribution in [3.8, 4) is 5.75 Å². The fourth-order valence-corrected chi connectivity index (χ4v) is 5.45. The highest BCUT2D eigenvalue weighted by molar-refractivity contribution is 7.90. The first-order chi connectivity index (χ1) is 17.0. The minimum Gasteiger partial charge on any atom is -0.484 e. The van der Waals surface area contributed by atoms with Crippen LogP contribution in [0.2, 0.25) is 0 Å². The van der Waals surface area contributed by atoms with E-state index in [4.69, 9.17) is 9.15 Å². The van der Waals surface area contributed by atoms with Crippen LogP contribution in [-0.4, -0.2) is 67.0 Å². The molecule has 1 aliphatic heterocycles. The zero-order chi connectivity index (χ0) is 27.2. The maximum Gasteiger partial charge on any atom is 0.403 e. The second kappa shape index (κ2) is 7.87. The highest BCUT2D eigenvalue weighted by atomic mass is 32.2. The third-order valence-corrected chi connectivity index (χ3v) is 8.72. The third-order valence-electron chi connectivity index (χ3n) is 7.61. The molecule has 8 nitrogen and oxygen atoms in total. The Morgan fingerprint density at radius 1 is 1.19 bits per heavy atom. The number of rotatable bonds is 7. The quantitative estimate of drug-likeness (QED) is 0.483. The molecule has 1 saturated heterocycles. The largest absolute Gasteiger partial charge is 0.484 e. The number of sulfone groups is 1. The lowest BCUT2D eigenvalue weighted by molar-refractivity contribution is -0.165. The lowest BCUT2D eigenvalue weighted by Gasteiger charge is -2.25. The molecule has 5 rings (SSSR count). The van der Waals surface area contributed by atoms with Crippen molar-refractivity contribution in [1.29, 1.82) is 0 Å². The number of aromatic nitrogens is 2. The molecular formula is C23H24F5N3O5S. The van der Waals surface area contributed by atoms with Crippen molar-refractivity contribution in [2.75, 3.05) is 19.3 Å². The molecule has 2 heterocycles. The van der Waals surface area contributed by atoms with Crippen LogP contribution in [0.3, 0.4) is 0 Å². The number of nitrogens with zero attached hydrogens (tertiary/aromatic N) is 3. The van der Waals surface area contributed by atoms with E-state index in [2.05, 4.69) is 10.2 Å². The van der Waals surface area contributed by atoms with Crippen LogP contribution < -0.4 is 4.74 Å². The van der Waals surface area contributed by atoms with E-state index >= 15 is 0 Å². The summed E-state index contributed by atoms with van der Waals surface area (Å²) in [6.45, 7) is 2.02. The van der Waals surface area contributed by atoms with Crippen molar-refractivity contribution in [2.45, 2.75) is 67.0 Å². The van der Waals surface area contributed by atoms with Crippen molar-refractivity contribution in [3.05, 3.63) is 35.5 Å². The van der Waals surface area contributed by atoms with Crippen molar-refractivity contribution >= 4 is 15.7 Å². The summed E-state index contributed by atoms with van der Waals surface area (Å²) in [6, 6.07) is 3.41. The van der Waals surface area contributed by atoms with Crippen molar-refractivity contribution < 1.29 is 44.3 Å². The number of fused-ring (bicyclic) bond motifs is 1. The standard InChI is InChI=1S/C23H24F5N3O5S/c1-12(20(2,24)25)35-16-5-4-14(37(3,33)34)8-15(16)17(32)31-10-13-9-21(13,11-31)18-29-30-19(36-18)22(6-7-22)23(26,27)28/h4-5,8,12-13H,6-7,9-11H2,1-3H3/t12-,13?,21?/m1/s1. The molecular weight excluding hydrogens is 525 g/mol. The predicted octanol–water partition coefficient (Wildman–Crippen LogP) is 3.90. The van der Waals surface area contributed by atoms with Gasteiger partial charge in [0, 0.05) is 26.3 Å². The SMILES string of the molecule is C[C@@H](Oc1ccc(S(C)(=O)=O)cc1C(=O)N1CC2CC2(c2nnc(C3(C(F)(F)F)CC3)o2)C1)C(C)(F)F. The lowest BCUT2D eigenvalue weighted by Crippen LogP contribution is -2.35. The Hall–Kier alpha value is -2.77. The summed E-state index contributed by atoms with van der Waals surface area (Å²) in [7, 11) is -3.73. The van der Waals surface area contributed by atoms with Crippen LogP contribution in [-0.2, 0) is 20.7 Å². The Bertz CT molecular complexity index is 1370. The van der Waals surface area contributed by atoms with E-state index in [0.29, 0.717) is 13.3 Å². The number of alkyl halides is 5. The number of carbonyl (C=O) groups is 1. The molecule has 2 saturated carbocycles. The van der Waals surface area contributed by atoms with Crippen molar-refractivity contribution in [2.24, 2.45) is 5.92 Å². The van der Waals surface area contributed by atoms with Crippen molar-refractivity contribution in [3.63, 3.8) is 0 Å². The Kier molecular flexibility index (Phi) is 5.50. The summed E-state index contributed by atoms with van der Waals surface area (Å²) in [5.74, 6) is -4.70. The number of hydrogen-bond acceptors (Lipinski definition) is 7. The van der Waals surface area contributed by atoms with E-state index in [-0.39, 0.29) is 53.9 Å². The number of amides is 1. The fraction of sp³-hybridized carbons (Fsp3) is 0.609. The van der Waals surface area contributed by atoms with Crippen LogP contribution >= 0.6 is 0 Å². The smallest absolute Gasteiger partial charge is 0.403 e. The predicted molar refractivity (Wildman–Crippen MR) is 117 cm³/mol. The molecule has 3 aliphatic rings. The molecule has 0 spiro atoms. The monoisotopic (exact) mass is 549 g/mol. The van der Waals surface area contributed by atoms with Gasteiger partial charge in [-0.1, -0.05) is 0 Å². The first-order valence-electron chi connectivity index (χ1n) is 11.6. The lowest BCUT2D eigenvalue weighted by atomic mass is 10.1. The van der Waals surface area contributed by atoms with Gasteiger partial charge in [-0.15, -0.1) is 10.2 Å². The van der Waals surface area contributed by atoms with Gasteiger partial charge in [-0.2, -0.15) is 13.2 Å². The molecule has 202 valence electrons. The van der Waals surface area contributed by atoms with Gasteiger partial charge in [-0.05, 0) is 50.3 Å². The first kappa shape index (κ1) is 25.9. The number of ether oxygens (including phenoxy) is 1. The van der Waals surface area contributed by atoms with E-state index in [9.17, 15) is 35.2 Å². The van der Waals surface area contributed by atoms with Gasteiger partial charge in [-0.3, -0.25) is 4.79 Å². The van der Waals surface area contributed by atoms with Crippen LogP contribution in [0.25, 0.3) is 0 Å². The number of carbonyl (C=O) groups excluding carboxylic acids is 1. The summed E-state index contributed by atoms with van der Waals surface area (Å²) >= 11 is 0. The summed E-state index contributed by atoms with van der Waals surface area (Å²) in [5, 5.41) is 7.56. The number of hydrogen-bond donors (Lipinski definition) is 0. The maximum atomic E-state index is 13.8. The van der Waals surface area contributed by atoms with Crippen LogP contribution in [0.5, 0.6) is 5.75 Å². The molecule has 1 aromatic heterocycles. The van der Waals surface area contributed by atoms with Gasteiger partial charge in [0.15, 0.2) is 15.9 Å². The van der Waals surface area contributed by atoms with E-state index in [0.717, 1.165) is 25.3 Å². The minimum atomic E-state index is -4.51.